The van der Waals surface area contributed by atoms with Gasteiger partial charge in [0.15, 0.2) is 13.1 Å². The van der Waals surface area contributed by atoms with Crippen molar-refractivity contribution >= 4 is 29.1 Å². The third-order valence-electron chi connectivity index (χ3n) is 3.85. The largest absolute Gasteiger partial charge is 0.351 e. The summed E-state index contributed by atoms with van der Waals surface area (Å²) in [5, 5.41) is 8.38. The molecule has 3 amide bonds. The fraction of sp³-hybridized carbons (Fsp3) is 0.526. The monoisotopic (exact) mass is 363 g/mol. The SMILES string of the molecule is CC[NH+](CC(=O)NCCC(C)C)CC(=O)Nc1ccc(NC(C)=O)cc1. The third-order valence-corrected chi connectivity index (χ3v) is 3.85. The smallest absolute Gasteiger partial charge is 0.279 e. The fourth-order valence-corrected chi connectivity index (χ4v) is 2.37. The van der Waals surface area contributed by atoms with E-state index in [-0.39, 0.29) is 30.8 Å². The van der Waals surface area contributed by atoms with Crippen LogP contribution in [0.2, 0.25) is 0 Å². The van der Waals surface area contributed by atoms with Gasteiger partial charge >= 0.3 is 0 Å². The summed E-state index contributed by atoms with van der Waals surface area (Å²) >= 11 is 0. The number of rotatable bonds is 10. The molecule has 0 aliphatic carbocycles. The summed E-state index contributed by atoms with van der Waals surface area (Å²) in [5.74, 6) is 0.224. The molecule has 1 rings (SSSR count). The molecule has 0 fully saturated rings. The summed E-state index contributed by atoms with van der Waals surface area (Å²) in [7, 11) is 0. The molecule has 1 atom stereocenters. The van der Waals surface area contributed by atoms with Crippen LogP contribution in [0.3, 0.4) is 0 Å². The lowest BCUT2D eigenvalue weighted by molar-refractivity contribution is -0.881. The molecule has 0 bridgehead atoms. The number of anilines is 2. The molecular weight excluding hydrogens is 332 g/mol. The van der Waals surface area contributed by atoms with Gasteiger partial charge in [-0.2, -0.15) is 0 Å². The van der Waals surface area contributed by atoms with Gasteiger partial charge in [-0.3, -0.25) is 14.4 Å². The molecule has 1 aromatic rings. The Kier molecular flexibility index (Phi) is 9.36. The van der Waals surface area contributed by atoms with Crippen LogP contribution in [0, 0.1) is 5.92 Å². The molecule has 4 N–H and O–H groups in total. The Labute approximate surface area is 155 Å². The number of benzene rings is 1. The van der Waals surface area contributed by atoms with Crippen LogP contribution in [0.25, 0.3) is 0 Å². The fourth-order valence-electron chi connectivity index (χ4n) is 2.37. The zero-order valence-corrected chi connectivity index (χ0v) is 16.1. The van der Waals surface area contributed by atoms with Gasteiger partial charge < -0.3 is 20.9 Å². The van der Waals surface area contributed by atoms with E-state index in [2.05, 4.69) is 29.8 Å². The first-order chi connectivity index (χ1) is 12.3. The summed E-state index contributed by atoms with van der Waals surface area (Å²) < 4.78 is 0. The lowest BCUT2D eigenvalue weighted by Gasteiger charge is -2.17. The predicted octanol–water partition coefficient (Wildman–Crippen LogP) is 0.651. The first kappa shape index (κ1) is 21.6. The molecule has 0 saturated heterocycles. The lowest BCUT2D eigenvalue weighted by atomic mass is 10.1. The van der Waals surface area contributed by atoms with E-state index in [1.165, 1.54) is 6.92 Å². The van der Waals surface area contributed by atoms with Crippen molar-refractivity contribution in [3.05, 3.63) is 24.3 Å². The average Bonchev–Trinajstić information content (AvgIpc) is 2.55. The minimum absolute atomic E-state index is 0.0324. The molecule has 0 spiro atoms. The quantitative estimate of drug-likeness (QED) is 0.492. The molecule has 1 unspecified atom stereocenters. The first-order valence-corrected chi connectivity index (χ1v) is 9.08. The first-order valence-electron chi connectivity index (χ1n) is 9.08. The molecule has 144 valence electrons. The third kappa shape index (κ3) is 9.17. The molecule has 0 heterocycles. The van der Waals surface area contributed by atoms with Crippen molar-refractivity contribution in [3.8, 4) is 0 Å². The van der Waals surface area contributed by atoms with Gasteiger partial charge in [0.2, 0.25) is 5.91 Å². The highest BCUT2D eigenvalue weighted by Gasteiger charge is 2.16. The highest BCUT2D eigenvalue weighted by atomic mass is 16.2. The van der Waals surface area contributed by atoms with Crippen LogP contribution in [0.5, 0.6) is 0 Å². The minimum atomic E-state index is -0.149. The maximum Gasteiger partial charge on any atom is 0.279 e. The van der Waals surface area contributed by atoms with Gasteiger partial charge in [0.05, 0.1) is 6.54 Å². The van der Waals surface area contributed by atoms with Gasteiger partial charge in [-0.25, -0.2) is 0 Å². The predicted molar refractivity (Wildman–Crippen MR) is 103 cm³/mol. The van der Waals surface area contributed by atoms with Crippen molar-refractivity contribution < 1.29 is 19.3 Å². The summed E-state index contributed by atoms with van der Waals surface area (Å²) in [6.07, 6.45) is 0.947. The molecule has 0 aromatic heterocycles. The Hall–Kier alpha value is -2.41. The lowest BCUT2D eigenvalue weighted by Crippen LogP contribution is -3.14. The highest BCUT2D eigenvalue weighted by molar-refractivity contribution is 5.92. The molecule has 0 aliphatic heterocycles. The highest BCUT2D eigenvalue weighted by Crippen LogP contribution is 2.13. The van der Waals surface area contributed by atoms with Crippen LogP contribution in [0.1, 0.15) is 34.1 Å². The second-order valence-electron chi connectivity index (χ2n) is 6.80. The van der Waals surface area contributed by atoms with E-state index in [4.69, 9.17) is 0 Å². The van der Waals surface area contributed by atoms with Gasteiger partial charge in [0, 0.05) is 24.8 Å². The maximum atomic E-state index is 12.2. The Balaban J connectivity index is 2.43. The van der Waals surface area contributed by atoms with E-state index in [9.17, 15) is 14.4 Å². The average molecular weight is 363 g/mol. The summed E-state index contributed by atoms with van der Waals surface area (Å²) in [4.78, 5) is 36.1. The molecule has 7 nitrogen and oxygen atoms in total. The number of carbonyl (C=O) groups is 3. The van der Waals surface area contributed by atoms with Crippen molar-refractivity contribution in [2.24, 2.45) is 5.92 Å². The second-order valence-corrected chi connectivity index (χ2v) is 6.80. The molecule has 7 heteroatoms. The number of likely N-dealkylation sites (N-methyl/N-ethyl adjacent to an activating group) is 1. The van der Waals surface area contributed by atoms with Crippen molar-refractivity contribution in [1.82, 2.24) is 5.32 Å². The Morgan fingerprint density at radius 2 is 1.50 bits per heavy atom. The molecule has 0 aliphatic rings. The van der Waals surface area contributed by atoms with E-state index in [0.29, 0.717) is 30.4 Å². The van der Waals surface area contributed by atoms with E-state index in [0.717, 1.165) is 11.3 Å². The normalized spacial score (nSPS) is 11.7. The number of carbonyl (C=O) groups excluding carboxylic acids is 3. The van der Waals surface area contributed by atoms with Crippen LogP contribution in [-0.4, -0.2) is 43.9 Å². The number of amides is 3. The Morgan fingerprint density at radius 1 is 0.962 bits per heavy atom. The van der Waals surface area contributed by atoms with Crippen molar-refractivity contribution in [3.63, 3.8) is 0 Å². The van der Waals surface area contributed by atoms with Crippen LogP contribution < -0.4 is 20.9 Å². The maximum absolute atomic E-state index is 12.2. The Bertz CT molecular complexity index is 599. The number of hydrogen-bond acceptors (Lipinski definition) is 3. The van der Waals surface area contributed by atoms with Crippen LogP contribution in [0.4, 0.5) is 11.4 Å². The van der Waals surface area contributed by atoms with Crippen LogP contribution >= 0.6 is 0 Å². The molecule has 0 radical (unpaired) electrons. The molecule has 26 heavy (non-hydrogen) atoms. The zero-order chi connectivity index (χ0) is 19.5. The topological polar surface area (TPSA) is 91.7 Å². The van der Waals surface area contributed by atoms with Crippen LogP contribution in [0.15, 0.2) is 24.3 Å². The summed E-state index contributed by atoms with van der Waals surface area (Å²) in [6.45, 7) is 9.48. The van der Waals surface area contributed by atoms with Crippen LogP contribution in [-0.2, 0) is 14.4 Å². The Morgan fingerprint density at radius 3 is 2.00 bits per heavy atom. The van der Waals surface area contributed by atoms with Gasteiger partial charge in [-0.15, -0.1) is 0 Å². The van der Waals surface area contributed by atoms with Gasteiger partial charge in [-0.05, 0) is 43.5 Å². The van der Waals surface area contributed by atoms with Crippen molar-refractivity contribution in [1.29, 1.82) is 0 Å². The molecular formula is C19H31N4O3+. The summed E-state index contributed by atoms with van der Waals surface area (Å²) in [6, 6.07) is 6.91. The number of nitrogens with one attached hydrogen (secondary N) is 4. The van der Waals surface area contributed by atoms with E-state index in [1.807, 2.05) is 6.92 Å². The molecule has 0 saturated carbocycles. The summed E-state index contributed by atoms with van der Waals surface area (Å²) in [5.41, 5.74) is 1.33. The standard InChI is InChI=1S/C19H30N4O3/c1-5-23(12-18(25)20-11-10-14(2)3)13-19(26)22-17-8-6-16(7-9-17)21-15(4)24/h6-9,14H,5,10-13H2,1-4H3,(H,20,25)(H,21,24)(H,22,26)/p+1. The van der Waals surface area contributed by atoms with E-state index >= 15 is 0 Å². The van der Waals surface area contributed by atoms with Crippen molar-refractivity contribution in [2.45, 2.75) is 34.1 Å². The molecule has 1 aromatic carbocycles. The van der Waals surface area contributed by atoms with E-state index < -0.39 is 0 Å². The number of hydrogen-bond donors (Lipinski definition) is 4. The van der Waals surface area contributed by atoms with Gasteiger partial charge in [-0.1, -0.05) is 13.8 Å². The number of quaternary nitrogens is 1. The van der Waals surface area contributed by atoms with Gasteiger partial charge in [0.25, 0.3) is 11.8 Å². The van der Waals surface area contributed by atoms with Gasteiger partial charge in [0.1, 0.15) is 0 Å². The minimum Gasteiger partial charge on any atom is -0.351 e. The van der Waals surface area contributed by atoms with E-state index in [1.54, 1.807) is 24.3 Å². The van der Waals surface area contributed by atoms with Crippen molar-refractivity contribution in [2.75, 3.05) is 36.8 Å². The zero-order valence-electron chi connectivity index (χ0n) is 16.1. The second kappa shape index (κ2) is 11.3.